The summed E-state index contributed by atoms with van der Waals surface area (Å²) in [6.45, 7) is 4.11. The van der Waals surface area contributed by atoms with Gasteiger partial charge in [-0.25, -0.2) is 0 Å². The first kappa shape index (κ1) is 14.3. The lowest BCUT2D eigenvalue weighted by Gasteiger charge is -2.19. The summed E-state index contributed by atoms with van der Waals surface area (Å²) in [5, 5.41) is 0.401. The van der Waals surface area contributed by atoms with E-state index in [0.29, 0.717) is 29.7 Å². The lowest BCUT2D eigenvalue weighted by molar-refractivity contribution is 0.229. The van der Waals surface area contributed by atoms with Crippen LogP contribution in [-0.2, 0) is 13.6 Å². The summed E-state index contributed by atoms with van der Waals surface area (Å²) >= 11 is 0. The number of ether oxygens (including phenoxy) is 1. The fourth-order valence-electron chi connectivity index (χ4n) is 1.44. The van der Waals surface area contributed by atoms with Crippen LogP contribution < -0.4 is 15.5 Å². The van der Waals surface area contributed by atoms with Crippen LogP contribution in [0.4, 0.5) is 0 Å². The molecule has 0 aliphatic rings. The summed E-state index contributed by atoms with van der Waals surface area (Å²) < 4.78 is 28.2. The molecular weight excluding hydrogens is 238 g/mol. The number of rotatable bonds is 6. The van der Waals surface area contributed by atoms with Gasteiger partial charge >= 0.3 is 7.60 Å². The van der Waals surface area contributed by atoms with Gasteiger partial charge in [-0.15, -0.1) is 0 Å². The molecule has 1 aromatic carbocycles. The van der Waals surface area contributed by atoms with Crippen LogP contribution in [0.1, 0.15) is 13.8 Å². The molecule has 0 heterocycles. The molecule has 0 aromatic heterocycles. The third kappa shape index (κ3) is 3.35. The Hall–Kier alpha value is -0.765. The molecule has 0 unspecified atom stereocenters. The molecule has 0 atom stereocenters. The van der Waals surface area contributed by atoms with E-state index in [1.165, 1.54) is 7.11 Å². The molecule has 0 bridgehead atoms. The highest BCUT2D eigenvalue weighted by molar-refractivity contribution is 7.62. The predicted octanol–water partition coefficient (Wildman–Crippen LogP) is 1.38. The fraction of sp³-hybridized carbons (Fsp3) is 0.455. The van der Waals surface area contributed by atoms with E-state index < -0.39 is 7.60 Å². The maximum absolute atomic E-state index is 12.5. The molecule has 0 amide bonds. The Morgan fingerprint density at radius 3 is 2.29 bits per heavy atom. The van der Waals surface area contributed by atoms with Gasteiger partial charge in [0.2, 0.25) is 0 Å². The Kier molecular flexibility index (Phi) is 5.25. The normalized spacial score (nSPS) is 11.5. The molecule has 1 rings (SSSR count). The lowest BCUT2D eigenvalue weighted by atomic mass is 9.96. The van der Waals surface area contributed by atoms with Gasteiger partial charge < -0.3 is 13.8 Å². The van der Waals surface area contributed by atoms with Gasteiger partial charge in [0.1, 0.15) is 18.9 Å². The van der Waals surface area contributed by atoms with E-state index >= 15 is 0 Å². The Morgan fingerprint density at radius 1 is 1.24 bits per heavy atom. The summed E-state index contributed by atoms with van der Waals surface area (Å²) in [6, 6.07) is 4.85. The zero-order valence-electron chi connectivity index (χ0n) is 10.3. The summed E-state index contributed by atoms with van der Waals surface area (Å²) in [4.78, 5) is 0. The molecule has 0 fully saturated rings. The van der Waals surface area contributed by atoms with Gasteiger partial charge in [0, 0.05) is 0 Å². The molecule has 6 heteroatoms. The van der Waals surface area contributed by atoms with Crippen LogP contribution in [0.25, 0.3) is 0 Å². The van der Waals surface area contributed by atoms with Gasteiger partial charge in [0.05, 0.1) is 20.3 Å². The Labute approximate surface area is 103 Å². The second kappa shape index (κ2) is 6.24. The molecule has 92 valence electrons. The molecule has 0 aliphatic carbocycles. The van der Waals surface area contributed by atoms with E-state index in [1.54, 1.807) is 32.0 Å². The van der Waals surface area contributed by atoms with Crippen LogP contribution in [-0.4, -0.2) is 28.2 Å². The summed E-state index contributed by atoms with van der Waals surface area (Å²) in [5.41, 5.74) is 0.533. The van der Waals surface area contributed by atoms with Gasteiger partial charge in [-0.1, -0.05) is 11.5 Å². The highest BCUT2D eigenvalue weighted by Gasteiger charge is 2.30. The highest BCUT2D eigenvalue weighted by Crippen LogP contribution is 2.48. The van der Waals surface area contributed by atoms with Crippen LogP contribution in [0.3, 0.4) is 0 Å². The number of methoxy groups -OCH3 is 1. The number of hydrogen-bond acceptors (Lipinski definition) is 4. The van der Waals surface area contributed by atoms with E-state index in [1.807, 2.05) is 0 Å². The summed E-state index contributed by atoms with van der Waals surface area (Å²) in [6.07, 6.45) is 0. The number of benzene rings is 1. The Bertz CT molecular complexity index is 412. The average Bonchev–Trinajstić information content (AvgIpc) is 2.29. The maximum atomic E-state index is 12.5. The molecule has 0 saturated carbocycles. The Balaban J connectivity index is 3.22. The zero-order chi connectivity index (χ0) is 12.9. The molecule has 0 spiro atoms. The van der Waals surface area contributed by atoms with Crippen molar-refractivity contribution in [3.63, 3.8) is 0 Å². The Morgan fingerprint density at radius 2 is 1.82 bits per heavy atom. The SMILES string of the molecule is [B]c1ccc(P(=O)(OCC)OCC)c(OC)c1. The van der Waals surface area contributed by atoms with Crippen molar-refractivity contribution in [3.05, 3.63) is 18.2 Å². The molecule has 0 N–H and O–H groups in total. The molecule has 2 radical (unpaired) electrons. The van der Waals surface area contributed by atoms with Crippen molar-refractivity contribution in [2.75, 3.05) is 20.3 Å². The molecule has 1 aromatic rings. The first-order chi connectivity index (χ1) is 8.07. The van der Waals surface area contributed by atoms with Crippen LogP contribution >= 0.6 is 7.60 Å². The topological polar surface area (TPSA) is 44.8 Å². The van der Waals surface area contributed by atoms with Crippen molar-refractivity contribution in [2.24, 2.45) is 0 Å². The quantitative estimate of drug-likeness (QED) is 0.568. The molecule has 17 heavy (non-hydrogen) atoms. The van der Waals surface area contributed by atoms with E-state index in [-0.39, 0.29) is 0 Å². The van der Waals surface area contributed by atoms with Crippen LogP contribution in [0, 0.1) is 0 Å². The van der Waals surface area contributed by atoms with Crippen molar-refractivity contribution in [3.8, 4) is 5.75 Å². The predicted molar refractivity (Wildman–Crippen MR) is 68.9 cm³/mol. The van der Waals surface area contributed by atoms with E-state index in [2.05, 4.69) is 0 Å². The second-order valence-electron chi connectivity index (χ2n) is 3.26. The highest BCUT2D eigenvalue weighted by atomic mass is 31.2. The van der Waals surface area contributed by atoms with E-state index in [9.17, 15) is 4.57 Å². The van der Waals surface area contributed by atoms with Gasteiger partial charge in [0.15, 0.2) is 0 Å². The van der Waals surface area contributed by atoms with Gasteiger partial charge in [-0.2, -0.15) is 0 Å². The van der Waals surface area contributed by atoms with Gasteiger partial charge in [0.25, 0.3) is 0 Å². The lowest BCUT2D eigenvalue weighted by Crippen LogP contribution is -2.17. The van der Waals surface area contributed by atoms with Crippen molar-refractivity contribution in [1.82, 2.24) is 0 Å². The van der Waals surface area contributed by atoms with E-state index in [4.69, 9.17) is 21.6 Å². The first-order valence-corrected chi connectivity index (χ1v) is 6.94. The summed E-state index contributed by atoms with van der Waals surface area (Å²) in [5.74, 6) is 0.412. The average molecular weight is 254 g/mol. The molecule has 0 saturated heterocycles. The largest absolute Gasteiger partial charge is 0.496 e. The van der Waals surface area contributed by atoms with Crippen molar-refractivity contribution in [1.29, 1.82) is 0 Å². The fourth-order valence-corrected chi connectivity index (χ4v) is 3.15. The minimum absolute atomic E-state index is 0.296. The third-order valence-electron chi connectivity index (χ3n) is 2.10. The van der Waals surface area contributed by atoms with Gasteiger partial charge in [-0.05, 0) is 26.0 Å². The summed E-state index contributed by atoms with van der Waals surface area (Å²) in [7, 11) is 3.80. The van der Waals surface area contributed by atoms with Crippen molar-refractivity contribution >= 4 is 26.2 Å². The second-order valence-corrected chi connectivity index (χ2v) is 5.26. The number of hydrogen-bond donors (Lipinski definition) is 0. The van der Waals surface area contributed by atoms with Crippen LogP contribution in [0.2, 0.25) is 0 Å². The minimum atomic E-state index is -3.33. The molecule has 4 nitrogen and oxygen atoms in total. The smallest absolute Gasteiger partial charge is 0.365 e. The first-order valence-electron chi connectivity index (χ1n) is 5.40. The molecular formula is C11H16BO4P. The van der Waals surface area contributed by atoms with Crippen molar-refractivity contribution < 1.29 is 18.3 Å². The van der Waals surface area contributed by atoms with Crippen molar-refractivity contribution in [2.45, 2.75) is 13.8 Å². The minimum Gasteiger partial charge on any atom is -0.496 e. The van der Waals surface area contributed by atoms with Crippen LogP contribution in [0.15, 0.2) is 18.2 Å². The van der Waals surface area contributed by atoms with Gasteiger partial charge in [-0.3, -0.25) is 4.57 Å². The zero-order valence-corrected chi connectivity index (χ0v) is 11.2. The standard InChI is InChI=1S/C11H16BO4P/c1-4-15-17(13,16-5-2)11-7-6-9(12)8-10(11)14-3/h6-8H,4-5H2,1-3H3. The molecule has 0 aliphatic heterocycles. The maximum Gasteiger partial charge on any atom is 0.365 e. The third-order valence-corrected chi connectivity index (χ3v) is 4.25. The van der Waals surface area contributed by atoms with Crippen LogP contribution in [0.5, 0.6) is 5.75 Å². The van der Waals surface area contributed by atoms with E-state index in [0.717, 1.165) is 0 Å². The monoisotopic (exact) mass is 254 g/mol.